The van der Waals surface area contributed by atoms with Crippen molar-refractivity contribution in [1.82, 2.24) is 9.88 Å². The summed E-state index contributed by atoms with van der Waals surface area (Å²) < 4.78 is 0. The Morgan fingerprint density at radius 3 is 2.67 bits per heavy atom. The molecule has 1 aliphatic heterocycles. The summed E-state index contributed by atoms with van der Waals surface area (Å²) in [5.41, 5.74) is 2.61. The van der Waals surface area contributed by atoms with Crippen LogP contribution >= 0.6 is 0 Å². The number of rotatable bonds is 2. The van der Waals surface area contributed by atoms with Crippen molar-refractivity contribution in [2.75, 3.05) is 20.1 Å². The largest absolute Gasteiger partial charge is 0.306 e. The van der Waals surface area contributed by atoms with Gasteiger partial charge in [0.15, 0.2) is 0 Å². The molecule has 2 heterocycles. The second-order valence-corrected chi connectivity index (χ2v) is 4.92. The van der Waals surface area contributed by atoms with Gasteiger partial charge < -0.3 is 4.90 Å². The van der Waals surface area contributed by atoms with Gasteiger partial charge in [-0.15, -0.1) is 0 Å². The van der Waals surface area contributed by atoms with E-state index in [9.17, 15) is 0 Å². The number of likely N-dealkylation sites (tertiary alicyclic amines) is 1. The van der Waals surface area contributed by atoms with Crippen LogP contribution in [0.5, 0.6) is 0 Å². The molecule has 1 aromatic rings. The van der Waals surface area contributed by atoms with E-state index in [0.29, 0.717) is 11.8 Å². The minimum atomic E-state index is 0.533. The summed E-state index contributed by atoms with van der Waals surface area (Å²) >= 11 is 0. The molecule has 1 unspecified atom stereocenters. The molecule has 0 aliphatic carbocycles. The number of hydrogen-bond acceptors (Lipinski definition) is 2. The van der Waals surface area contributed by atoms with Crippen LogP contribution in [0.1, 0.15) is 43.4 Å². The summed E-state index contributed by atoms with van der Waals surface area (Å²) in [6, 6.07) is 4.44. The van der Waals surface area contributed by atoms with Crippen molar-refractivity contribution in [2.24, 2.45) is 0 Å². The molecule has 1 fully saturated rings. The van der Waals surface area contributed by atoms with Gasteiger partial charge in [0.2, 0.25) is 0 Å². The maximum Gasteiger partial charge on any atom is 0.0429 e. The third-order valence-corrected chi connectivity index (χ3v) is 3.26. The maximum absolute atomic E-state index is 4.53. The molecule has 1 saturated heterocycles. The lowest BCUT2D eigenvalue weighted by Crippen LogP contribution is -2.13. The highest BCUT2D eigenvalue weighted by Crippen LogP contribution is 2.26. The van der Waals surface area contributed by atoms with Gasteiger partial charge in [-0.2, -0.15) is 0 Å². The molecule has 2 rings (SSSR count). The monoisotopic (exact) mass is 204 g/mol. The minimum Gasteiger partial charge on any atom is -0.306 e. The number of likely N-dealkylation sites (N-methyl/N-ethyl adjacent to an activating group) is 1. The SMILES string of the molecule is CC(C)c1ccc(C2CCN(C)C2)cn1. The predicted octanol–water partition coefficient (Wildman–Crippen LogP) is 2.62. The Morgan fingerprint density at radius 1 is 1.40 bits per heavy atom. The van der Waals surface area contributed by atoms with E-state index >= 15 is 0 Å². The molecule has 1 atom stereocenters. The first-order valence-electron chi connectivity index (χ1n) is 5.81. The Bertz CT molecular complexity index is 316. The van der Waals surface area contributed by atoms with Crippen LogP contribution in [0.2, 0.25) is 0 Å². The van der Waals surface area contributed by atoms with Crippen molar-refractivity contribution in [3.05, 3.63) is 29.6 Å². The molecular weight excluding hydrogens is 184 g/mol. The summed E-state index contributed by atoms with van der Waals surface area (Å²) in [6.07, 6.45) is 3.35. The van der Waals surface area contributed by atoms with Gasteiger partial charge in [-0.3, -0.25) is 4.98 Å². The Balaban J connectivity index is 2.10. The van der Waals surface area contributed by atoms with E-state index in [-0.39, 0.29) is 0 Å². The van der Waals surface area contributed by atoms with Crippen LogP contribution in [0.15, 0.2) is 18.3 Å². The topological polar surface area (TPSA) is 16.1 Å². The number of aromatic nitrogens is 1. The third-order valence-electron chi connectivity index (χ3n) is 3.26. The van der Waals surface area contributed by atoms with Gasteiger partial charge in [-0.25, -0.2) is 0 Å². The molecule has 2 nitrogen and oxygen atoms in total. The van der Waals surface area contributed by atoms with Crippen LogP contribution in [0.4, 0.5) is 0 Å². The number of hydrogen-bond donors (Lipinski definition) is 0. The molecule has 0 saturated carbocycles. The normalized spacial score (nSPS) is 22.5. The van der Waals surface area contributed by atoms with E-state index in [1.807, 2.05) is 0 Å². The van der Waals surface area contributed by atoms with Gasteiger partial charge in [0.1, 0.15) is 0 Å². The molecule has 0 aromatic carbocycles. The smallest absolute Gasteiger partial charge is 0.0429 e. The Hall–Kier alpha value is -0.890. The lowest BCUT2D eigenvalue weighted by Gasteiger charge is -2.11. The zero-order valence-electron chi connectivity index (χ0n) is 9.90. The summed E-state index contributed by atoms with van der Waals surface area (Å²) in [6.45, 7) is 6.77. The molecule has 0 amide bonds. The van der Waals surface area contributed by atoms with Crippen LogP contribution < -0.4 is 0 Å². The Labute approximate surface area is 92.3 Å². The highest BCUT2D eigenvalue weighted by atomic mass is 15.1. The molecule has 0 spiro atoms. The minimum absolute atomic E-state index is 0.533. The highest BCUT2D eigenvalue weighted by molar-refractivity contribution is 5.21. The second-order valence-electron chi connectivity index (χ2n) is 4.92. The van der Waals surface area contributed by atoms with E-state index < -0.39 is 0 Å². The summed E-state index contributed by atoms with van der Waals surface area (Å²) in [5.74, 6) is 1.23. The molecule has 15 heavy (non-hydrogen) atoms. The van der Waals surface area contributed by atoms with Gasteiger partial charge in [0.25, 0.3) is 0 Å². The van der Waals surface area contributed by atoms with Gasteiger partial charge in [0, 0.05) is 18.4 Å². The molecule has 0 N–H and O–H groups in total. The van der Waals surface area contributed by atoms with Crippen LogP contribution in [0, 0.1) is 0 Å². The van der Waals surface area contributed by atoms with Gasteiger partial charge in [-0.1, -0.05) is 19.9 Å². The van der Waals surface area contributed by atoms with Crippen molar-refractivity contribution in [2.45, 2.75) is 32.1 Å². The molecule has 82 valence electrons. The van der Waals surface area contributed by atoms with Crippen molar-refractivity contribution in [3.8, 4) is 0 Å². The van der Waals surface area contributed by atoms with Crippen LogP contribution in [0.3, 0.4) is 0 Å². The van der Waals surface area contributed by atoms with Gasteiger partial charge in [0.05, 0.1) is 0 Å². The zero-order valence-corrected chi connectivity index (χ0v) is 9.90. The number of nitrogens with zero attached hydrogens (tertiary/aromatic N) is 2. The second kappa shape index (κ2) is 4.31. The molecule has 0 bridgehead atoms. The first-order valence-corrected chi connectivity index (χ1v) is 5.81. The van der Waals surface area contributed by atoms with E-state index in [2.05, 4.69) is 49.1 Å². The molecule has 1 aliphatic rings. The average Bonchev–Trinajstić information content (AvgIpc) is 2.65. The first-order chi connectivity index (χ1) is 7.16. The Kier molecular flexibility index (Phi) is 3.06. The average molecular weight is 204 g/mol. The molecular formula is C13H20N2. The zero-order chi connectivity index (χ0) is 10.8. The fraction of sp³-hybridized carbons (Fsp3) is 0.615. The highest BCUT2D eigenvalue weighted by Gasteiger charge is 2.21. The van der Waals surface area contributed by atoms with E-state index in [0.717, 1.165) is 0 Å². The fourth-order valence-electron chi connectivity index (χ4n) is 2.21. The molecule has 1 aromatic heterocycles. The summed E-state index contributed by atoms with van der Waals surface area (Å²) in [5, 5.41) is 0. The lowest BCUT2D eigenvalue weighted by atomic mass is 9.99. The van der Waals surface area contributed by atoms with E-state index in [1.54, 1.807) is 0 Å². The summed E-state index contributed by atoms with van der Waals surface area (Å²) in [4.78, 5) is 6.92. The quantitative estimate of drug-likeness (QED) is 0.736. The maximum atomic E-state index is 4.53. The van der Waals surface area contributed by atoms with E-state index in [1.165, 1.54) is 30.8 Å². The van der Waals surface area contributed by atoms with Crippen molar-refractivity contribution in [3.63, 3.8) is 0 Å². The fourth-order valence-corrected chi connectivity index (χ4v) is 2.21. The molecule has 0 radical (unpaired) electrons. The lowest BCUT2D eigenvalue weighted by molar-refractivity contribution is 0.411. The predicted molar refractivity (Wildman–Crippen MR) is 63.2 cm³/mol. The standard InChI is InChI=1S/C13H20N2/c1-10(2)13-5-4-11(8-14-13)12-6-7-15(3)9-12/h4-5,8,10,12H,6-7,9H2,1-3H3. The van der Waals surface area contributed by atoms with E-state index in [4.69, 9.17) is 0 Å². The van der Waals surface area contributed by atoms with Crippen molar-refractivity contribution in [1.29, 1.82) is 0 Å². The number of pyridine rings is 1. The van der Waals surface area contributed by atoms with Crippen LogP contribution in [-0.4, -0.2) is 30.0 Å². The van der Waals surface area contributed by atoms with Crippen molar-refractivity contribution >= 4 is 0 Å². The third kappa shape index (κ3) is 2.37. The Morgan fingerprint density at radius 2 is 2.20 bits per heavy atom. The van der Waals surface area contributed by atoms with Crippen molar-refractivity contribution < 1.29 is 0 Å². The first kappa shape index (κ1) is 10.6. The van der Waals surface area contributed by atoms with Gasteiger partial charge >= 0.3 is 0 Å². The van der Waals surface area contributed by atoms with Gasteiger partial charge in [-0.05, 0) is 43.5 Å². The van der Waals surface area contributed by atoms with Crippen LogP contribution in [-0.2, 0) is 0 Å². The molecule has 2 heteroatoms. The summed E-state index contributed by atoms with van der Waals surface area (Å²) in [7, 11) is 2.19. The van der Waals surface area contributed by atoms with Crippen LogP contribution in [0.25, 0.3) is 0 Å².